The minimum atomic E-state index is -0.126. The number of piperidine rings is 1. The second-order valence-corrected chi connectivity index (χ2v) is 3.44. The molecular formula is C5H11NOS2. The van der Waals surface area contributed by atoms with E-state index in [1.54, 1.807) is 0 Å². The molecular weight excluding hydrogens is 154 g/mol. The first kappa shape index (κ1) is 7.72. The van der Waals surface area contributed by atoms with Gasteiger partial charge in [0.2, 0.25) is 0 Å². The van der Waals surface area contributed by atoms with Gasteiger partial charge in [-0.1, -0.05) is 11.7 Å². The summed E-state index contributed by atoms with van der Waals surface area (Å²) in [4.78, 5) is 0. The third kappa shape index (κ3) is 2.37. The second-order valence-electron chi connectivity index (χ2n) is 2.27. The van der Waals surface area contributed by atoms with Gasteiger partial charge >= 0.3 is 0 Å². The summed E-state index contributed by atoms with van der Waals surface area (Å²) in [5, 5.41) is 9.12. The Balaban J connectivity index is 2.23. The molecule has 0 amide bonds. The first-order chi connectivity index (χ1) is 4.33. The smallest absolute Gasteiger partial charge is 0.0677 e. The van der Waals surface area contributed by atoms with Crippen LogP contribution in [0, 0.1) is 0 Å². The third-order valence-electron chi connectivity index (χ3n) is 1.47. The lowest BCUT2D eigenvalue weighted by atomic mass is 10.1. The molecule has 54 valence electrons. The molecule has 0 radical (unpaired) electrons. The van der Waals surface area contributed by atoms with Crippen molar-refractivity contribution in [2.75, 3.05) is 13.1 Å². The molecule has 1 saturated heterocycles. The zero-order valence-electron chi connectivity index (χ0n) is 5.16. The number of aliphatic hydroxyl groups excluding tert-OH is 1. The van der Waals surface area contributed by atoms with Crippen molar-refractivity contribution in [3.63, 3.8) is 0 Å². The highest BCUT2D eigenvalue weighted by Gasteiger charge is 2.16. The Kier molecular flexibility index (Phi) is 3.18. The van der Waals surface area contributed by atoms with Gasteiger partial charge < -0.3 is 5.11 Å². The fraction of sp³-hybridized carbons (Fsp3) is 1.00. The lowest BCUT2D eigenvalue weighted by molar-refractivity contribution is 0.113. The van der Waals surface area contributed by atoms with Crippen LogP contribution in [-0.2, 0) is 0 Å². The number of rotatable bonds is 1. The Morgan fingerprint density at radius 3 is 2.89 bits per heavy atom. The average Bonchev–Trinajstić information content (AvgIpc) is 1.88. The summed E-state index contributed by atoms with van der Waals surface area (Å²) in [6.45, 7) is 1.83. The molecule has 4 heteroatoms. The van der Waals surface area contributed by atoms with Gasteiger partial charge in [0, 0.05) is 13.1 Å². The van der Waals surface area contributed by atoms with Crippen molar-refractivity contribution in [3.8, 4) is 0 Å². The van der Waals surface area contributed by atoms with Crippen molar-refractivity contribution >= 4 is 22.6 Å². The first-order valence-corrected chi connectivity index (χ1v) is 4.90. The molecule has 1 atom stereocenters. The monoisotopic (exact) mass is 165 g/mol. The maximum absolute atomic E-state index is 9.12. The Labute approximate surface area is 64.6 Å². The van der Waals surface area contributed by atoms with Crippen LogP contribution in [0.3, 0.4) is 0 Å². The zero-order valence-corrected chi connectivity index (χ0v) is 6.87. The van der Waals surface area contributed by atoms with Crippen molar-refractivity contribution in [3.05, 3.63) is 0 Å². The molecule has 9 heavy (non-hydrogen) atoms. The van der Waals surface area contributed by atoms with Crippen LogP contribution in [0.15, 0.2) is 0 Å². The predicted molar refractivity (Wildman–Crippen MR) is 43.4 cm³/mol. The van der Waals surface area contributed by atoms with E-state index in [2.05, 4.69) is 16.0 Å². The number of thiol groups is 1. The summed E-state index contributed by atoms with van der Waals surface area (Å²) >= 11 is 4.04. The molecule has 1 fully saturated rings. The molecule has 0 aromatic carbocycles. The highest BCUT2D eigenvalue weighted by molar-refractivity contribution is 8.67. The lowest BCUT2D eigenvalue weighted by Gasteiger charge is -2.26. The standard InChI is InChI=1S/C5H11NOS2/c7-5-2-1-3-6(4-5)9-8/h5,7-8H,1-4H2. The largest absolute Gasteiger partial charge is 0.392 e. The maximum atomic E-state index is 9.12. The lowest BCUT2D eigenvalue weighted by Crippen LogP contribution is -2.32. The average molecular weight is 165 g/mol. The van der Waals surface area contributed by atoms with E-state index in [9.17, 15) is 0 Å². The van der Waals surface area contributed by atoms with E-state index in [-0.39, 0.29) is 6.10 Å². The molecule has 0 saturated carbocycles. The van der Waals surface area contributed by atoms with E-state index in [4.69, 9.17) is 5.11 Å². The minimum absolute atomic E-state index is 0.126. The molecule has 1 unspecified atom stereocenters. The Bertz CT molecular complexity index is 91.0. The van der Waals surface area contributed by atoms with Crippen molar-refractivity contribution in [2.45, 2.75) is 18.9 Å². The van der Waals surface area contributed by atoms with Gasteiger partial charge in [0.05, 0.1) is 6.10 Å². The van der Waals surface area contributed by atoms with Crippen LogP contribution >= 0.6 is 22.6 Å². The number of nitrogens with zero attached hydrogens (tertiary/aromatic N) is 1. The molecule has 0 spiro atoms. The van der Waals surface area contributed by atoms with E-state index in [1.165, 1.54) is 11.0 Å². The summed E-state index contributed by atoms with van der Waals surface area (Å²) < 4.78 is 2.07. The number of β-amino-alcohol motifs (C(OH)–C–C–N with tert-alkyl or cyclic N) is 1. The SMILES string of the molecule is OC1CCCN(SS)C1. The molecule has 1 N–H and O–H groups in total. The van der Waals surface area contributed by atoms with Crippen molar-refractivity contribution in [1.82, 2.24) is 4.31 Å². The molecule has 1 aliphatic rings. The molecule has 0 aliphatic carbocycles. The quantitative estimate of drug-likeness (QED) is 0.343. The van der Waals surface area contributed by atoms with Gasteiger partial charge in [0.15, 0.2) is 0 Å². The van der Waals surface area contributed by atoms with Crippen LogP contribution in [0.5, 0.6) is 0 Å². The van der Waals surface area contributed by atoms with Crippen LogP contribution < -0.4 is 0 Å². The van der Waals surface area contributed by atoms with Gasteiger partial charge in [-0.2, -0.15) is 0 Å². The second kappa shape index (κ2) is 3.71. The Morgan fingerprint density at radius 1 is 1.67 bits per heavy atom. The van der Waals surface area contributed by atoms with E-state index < -0.39 is 0 Å². The number of aliphatic hydroxyl groups is 1. The molecule has 2 nitrogen and oxygen atoms in total. The maximum Gasteiger partial charge on any atom is 0.0677 e. The molecule has 0 aromatic rings. The topological polar surface area (TPSA) is 23.5 Å². The minimum Gasteiger partial charge on any atom is -0.392 e. The van der Waals surface area contributed by atoms with Gasteiger partial charge in [0.25, 0.3) is 0 Å². The fourth-order valence-corrected chi connectivity index (χ4v) is 1.89. The van der Waals surface area contributed by atoms with E-state index in [0.29, 0.717) is 0 Å². The van der Waals surface area contributed by atoms with Crippen LogP contribution in [0.2, 0.25) is 0 Å². The molecule has 0 aromatic heterocycles. The predicted octanol–water partition coefficient (Wildman–Crippen LogP) is 0.936. The Morgan fingerprint density at radius 2 is 2.44 bits per heavy atom. The first-order valence-electron chi connectivity index (χ1n) is 3.07. The summed E-state index contributed by atoms with van der Waals surface area (Å²) in [6, 6.07) is 0. The molecule has 1 heterocycles. The molecule has 1 rings (SSSR count). The van der Waals surface area contributed by atoms with Crippen molar-refractivity contribution in [1.29, 1.82) is 0 Å². The van der Waals surface area contributed by atoms with Gasteiger partial charge in [-0.3, -0.25) is 0 Å². The van der Waals surface area contributed by atoms with Crippen molar-refractivity contribution < 1.29 is 5.11 Å². The van der Waals surface area contributed by atoms with Crippen LogP contribution in [0.1, 0.15) is 12.8 Å². The van der Waals surface area contributed by atoms with E-state index in [1.807, 2.05) is 0 Å². The summed E-state index contributed by atoms with van der Waals surface area (Å²) in [5.41, 5.74) is 0. The van der Waals surface area contributed by atoms with Gasteiger partial charge in [-0.15, -0.1) is 0 Å². The number of hydrogen-bond donors (Lipinski definition) is 2. The van der Waals surface area contributed by atoms with E-state index in [0.717, 1.165) is 25.9 Å². The summed E-state index contributed by atoms with van der Waals surface area (Å²) in [6.07, 6.45) is 1.91. The van der Waals surface area contributed by atoms with Gasteiger partial charge in [0.1, 0.15) is 0 Å². The zero-order chi connectivity index (χ0) is 6.69. The van der Waals surface area contributed by atoms with Crippen LogP contribution in [-0.4, -0.2) is 28.6 Å². The van der Waals surface area contributed by atoms with Gasteiger partial charge in [-0.25, -0.2) is 4.31 Å². The van der Waals surface area contributed by atoms with Crippen molar-refractivity contribution in [2.24, 2.45) is 0 Å². The Hall–Kier alpha value is 0.620. The van der Waals surface area contributed by atoms with Crippen LogP contribution in [0.4, 0.5) is 0 Å². The van der Waals surface area contributed by atoms with Gasteiger partial charge in [-0.05, 0) is 23.8 Å². The fourth-order valence-electron chi connectivity index (χ4n) is 0.995. The normalized spacial score (nSPS) is 30.7. The molecule has 1 aliphatic heterocycles. The van der Waals surface area contributed by atoms with E-state index >= 15 is 0 Å². The summed E-state index contributed by atoms with van der Waals surface area (Å²) in [7, 11) is 1.42. The number of hydrogen-bond acceptors (Lipinski definition) is 4. The van der Waals surface area contributed by atoms with Crippen LogP contribution in [0.25, 0.3) is 0 Å². The molecule has 0 bridgehead atoms. The highest BCUT2D eigenvalue weighted by Crippen LogP contribution is 2.20. The summed E-state index contributed by atoms with van der Waals surface area (Å²) in [5.74, 6) is 0. The third-order valence-corrected chi connectivity index (χ3v) is 2.73. The highest BCUT2D eigenvalue weighted by atomic mass is 33.1.